The van der Waals surface area contributed by atoms with Gasteiger partial charge in [0, 0.05) is 0 Å². The van der Waals surface area contributed by atoms with E-state index in [0.717, 1.165) is 31.9 Å². The molecule has 0 heterocycles. The van der Waals surface area contributed by atoms with Crippen LogP contribution in [-0.2, 0) is 19.1 Å². The minimum Gasteiger partial charge on any atom is -0.370 e. The van der Waals surface area contributed by atoms with E-state index in [1.165, 1.54) is 0 Å². The highest BCUT2D eigenvalue weighted by atomic mass is 32.2. The highest BCUT2D eigenvalue weighted by Gasteiger charge is 2.17. The lowest BCUT2D eigenvalue weighted by molar-refractivity contribution is -0.119. The third-order valence-electron chi connectivity index (χ3n) is 2.12. The average Bonchev–Trinajstić information content (AvgIpc) is 2.08. The molecule has 0 aliphatic rings. The van der Waals surface area contributed by atoms with Gasteiger partial charge < -0.3 is 5.73 Å². The van der Waals surface area contributed by atoms with E-state index in [9.17, 15) is 13.2 Å². The van der Waals surface area contributed by atoms with Crippen LogP contribution in [0.4, 0.5) is 0 Å². The number of unbranched alkanes of at least 4 members (excludes halogenated alkanes) is 3. The van der Waals surface area contributed by atoms with Gasteiger partial charge in [-0.15, -0.1) is 0 Å². The first-order valence-electron chi connectivity index (χ1n) is 5.51. The number of carbonyl (C=O) groups excluding carboxylic acids is 1. The molecule has 0 aliphatic carbocycles. The van der Waals surface area contributed by atoms with Gasteiger partial charge in [-0.2, -0.15) is 8.42 Å². The van der Waals surface area contributed by atoms with Gasteiger partial charge in [-0.25, -0.2) is 0 Å². The van der Waals surface area contributed by atoms with Crippen LogP contribution in [0, 0.1) is 0 Å². The maximum absolute atomic E-state index is 10.9. The van der Waals surface area contributed by atoms with Gasteiger partial charge >= 0.3 is 0 Å². The summed E-state index contributed by atoms with van der Waals surface area (Å²) in [6.07, 6.45) is 4.95. The van der Waals surface area contributed by atoms with Gasteiger partial charge in [0.05, 0.1) is 18.8 Å². The second-order valence-corrected chi connectivity index (χ2v) is 5.54. The molecule has 0 rings (SSSR count). The molecular formula is C10H21NO4S. The van der Waals surface area contributed by atoms with Crippen LogP contribution in [0.1, 0.15) is 45.4 Å². The molecule has 16 heavy (non-hydrogen) atoms. The fourth-order valence-corrected chi connectivity index (χ4v) is 2.11. The lowest BCUT2D eigenvalue weighted by atomic mass is 10.1. The van der Waals surface area contributed by atoms with Crippen LogP contribution in [0.3, 0.4) is 0 Å². The van der Waals surface area contributed by atoms with E-state index < -0.39 is 22.1 Å². The summed E-state index contributed by atoms with van der Waals surface area (Å²) in [5.41, 5.74) is 5.03. The molecule has 1 amide bonds. The number of rotatable bonds is 9. The molecular weight excluding hydrogens is 230 g/mol. The number of hydrogen-bond donors (Lipinski definition) is 1. The van der Waals surface area contributed by atoms with Crippen molar-refractivity contribution in [3.05, 3.63) is 0 Å². The summed E-state index contributed by atoms with van der Waals surface area (Å²) in [5, 5.41) is 0. The molecule has 0 unspecified atom stereocenters. The predicted molar refractivity (Wildman–Crippen MR) is 62.3 cm³/mol. The first kappa shape index (κ1) is 15.4. The van der Waals surface area contributed by atoms with Crippen LogP contribution in [0.2, 0.25) is 0 Å². The van der Waals surface area contributed by atoms with Crippen molar-refractivity contribution in [1.82, 2.24) is 0 Å². The summed E-state index contributed by atoms with van der Waals surface area (Å²) in [5.74, 6) is -0.538. The van der Waals surface area contributed by atoms with E-state index in [2.05, 4.69) is 6.92 Å². The Bertz CT molecular complexity index is 300. The van der Waals surface area contributed by atoms with Crippen molar-refractivity contribution < 1.29 is 17.4 Å². The first-order valence-corrected chi connectivity index (χ1v) is 7.33. The van der Waals surface area contributed by atoms with Crippen molar-refractivity contribution in [2.45, 2.75) is 51.6 Å². The SMILES string of the molecule is CCCCCC[C@H](CC(N)=O)OS(C)(=O)=O. The Morgan fingerprint density at radius 1 is 1.31 bits per heavy atom. The van der Waals surface area contributed by atoms with E-state index in [0.29, 0.717) is 6.42 Å². The van der Waals surface area contributed by atoms with Crippen molar-refractivity contribution in [3.63, 3.8) is 0 Å². The molecule has 96 valence electrons. The Kier molecular flexibility index (Phi) is 7.33. The average molecular weight is 251 g/mol. The van der Waals surface area contributed by atoms with Gasteiger partial charge in [0.15, 0.2) is 0 Å². The smallest absolute Gasteiger partial charge is 0.264 e. The highest BCUT2D eigenvalue weighted by Crippen LogP contribution is 2.13. The van der Waals surface area contributed by atoms with Gasteiger partial charge in [-0.3, -0.25) is 8.98 Å². The van der Waals surface area contributed by atoms with E-state index >= 15 is 0 Å². The molecule has 0 aromatic heterocycles. The first-order chi connectivity index (χ1) is 7.35. The van der Waals surface area contributed by atoms with Gasteiger partial charge in [0.25, 0.3) is 10.1 Å². The highest BCUT2D eigenvalue weighted by molar-refractivity contribution is 7.86. The zero-order chi connectivity index (χ0) is 12.6. The molecule has 0 aromatic carbocycles. The Hall–Kier alpha value is -0.620. The molecule has 0 aromatic rings. The van der Waals surface area contributed by atoms with Crippen LogP contribution < -0.4 is 5.73 Å². The molecule has 2 N–H and O–H groups in total. The van der Waals surface area contributed by atoms with Crippen molar-refractivity contribution in [1.29, 1.82) is 0 Å². The molecule has 6 heteroatoms. The largest absolute Gasteiger partial charge is 0.370 e. The Labute approximate surface area is 97.5 Å². The van der Waals surface area contributed by atoms with Crippen LogP contribution in [0.15, 0.2) is 0 Å². The maximum Gasteiger partial charge on any atom is 0.264 e. The zero-order valence-electron chi connectivity index (χ0n) is 9.94. The predicted octanol–water partition coefficient (Wildman–Crippen LogP) is 1.18. The Morgan fingerprint density at radius 3 is 2.38 bits per heavy atom. The molecule has 0 bridgehead atoms. The topological polar surface area (TPSA) is 86.5 Å². The third kappa shape index (κ3) is 9.92. The molecule has 0 aliphatic heterocycles. The lowest BCUT2D eigenvalue weighted by Crippen LogP contribution is -2.25. The molecule has 5 nitrogen and oxygen atoms in total. The molecule has 1 atom stereocenters. The summed E-state index contributed by atoms with van der Waals surface area (Å²) in [6.45, 7) is 2.09. The fraction of sp³-hybridized carbons (Fsp3) is 0.900. The Balaban J connectivity index is 4.06. The van der Waals surface area contributed by atoms with E-state index in [4.69, 9.17) is 9.92 Å². The van der Waals surface area contributed by atoms with Crippen molar-refractivity contribution in [3.8, 4) is 0 Å². The maximum atomic E-state index is 10.9. The van der Waals surface area contributed by atoms with Crippen molar-refractivity contribution in [2.24, 2.45) is 5.73 Å². The molecule has 0 saturated heterocycles. The number of amides is 1. The fourth-order valence-electron chi connectivity index (χ4n) is 1.45. The summed E-state index contributed by atoms with van der Waals surface area (Å²) in [4.78, 5) is 10.7. The van der Waals surface area contributed by atoms with Gasteiger partial charge in [0.1, 0.15) is 0 Å². The van der Waals surface area contributed by atoms with Crippen molar-refractivity contribution in [2.75, 3.05) is 6.26 Å². The summed E-state index contributed by atoms with van der Waals surface area (Å²) < 4.78 is 26.7. The van der Waals surface area contributed by atoms with Gasteiger partial charge in [-0.05, 0) is 6.42 Å². The Morgan fingerprint density at radius 2 is 1.94 bits per heavy atom. The lowest BCUT2D eigenvalue weighted by Gasteiger charge is -2.14. The molecule has 0 spiro atoms. The standard InChI is InChI=1S/C10H21NO4S/c1-3-4-5-6-7-9(8-10(11)12)15-16(2,13)14/h9H,3-8H2,1-2H3,(H2,11,12)/t9-/m1/s1. The van der Waals surface area contributed by atoms with Crippen LogP contribution in [0.5, 0.6) is 0 Å². The van der Waals surface area contributed by atoms with Gasteiger partial charge in [0.2, 0.25) is 5.91 Å². The number of carbonyl (C=O) groups is 1. The van der Waals surface area contributed by atoms with Crippen molar-refractivity contribution >= 4 is 16.0 Å². The molecule has 0 radical (unpaired) electrons. The monoisotopic (exact) mass is 251 g/mol. The van der Waals surface area contributed by atoms with E-state index in [-0.39, 0.29) is 6.42 Å². The van der Waals surface area contributed by atoms with Crippen LogP contribution in [0.25, 0.3) is 0 Å². The van der Waals surface area contributed by atoms with Crippen LogP contribution in [-0.4, -0.2) is 26.7 Å². The van der Waals surface area contributed by atoms with E-state index in [1.807, 2.05) is 0 Å². The quantitative estimate of drug-likeness (QED) is 0.492. The second-order valence-electron chi connectivity index (χ2n) is 3.94. The summed E-state index contributed by atoms with van der Waals surface area (Å²) in [7, 11) is -3.52. The minimum atomic E-state index is -3.52. The number of primary amides is 1. The van der Waals surface area contributed by atoms with Gasteiger partial charge in [-0.1, -0.05) is 32.6 Å². The van der Waals surface area contributed by atoms with Crippen LogP contribution >= 0.6 is 0 Å². The number of hydrogen-bond acceptors (Lipinski definition) is 4. The zero-order valence-corrected chi connectivity index (χ0v) is 10.8. The minimum absolute atomic E-state index is 0.0425. The third-order valence-corrected chi connectivity index (χ3v) is 2.74. The normalized spacial score (nSPS) is 13.6. The summed E-state index contributed by atoms with van der Waals surface area (Å²) >= 11 is 0. The molecule has 0 fully saturated rings. The summed E-state index contributed by atoms with van der Waals surface area (Å²) in [6, 6.07) is 0. The molecule has 0 saturated carbocycles. The number of nitrogens with two attached hydrogens (primary N) is 1. The second kappa shape index (κ2) is 7.62. The van der Waals surface area contributed by atoms with E-state index in [1.54, 1.807) is 0 Å².